The highest BCUT2D eigenvalue weighted by molar-refractivity contribution is 5.48. The van der Waals surface area contributed by atoms with E-state index in [1.807, 2.05) is 33.2 Å². The fourth-order valence-corrected chi connectivity index (χ4v) is 2.21. The summed E-state index contributed by atoms with van der Waals surface area (Å²) in [6, 6.07) is 6.77. The zero-order valence-electron chi connectivity index (χ0n) is 11.8. The molecule has 106 valence electrons. The molecule has 0 saturated carbocycles. The standard InChI is InChI=1S/C14H18N4O2/c1-4-13(15-14-9-17(3)16-10(14)2)11-6-5-7-12(8-11)18(19)20/h5-9,13,15H,4H2,1-3H3. The molecule has 1 heterocycles. The average Bonchev–Trinajstić information content (AvgIpc) is 2.74. The van der Waals surface area contributed by atoms with Crippen molar-refractivity contribution in [2.75, 3.05) is 5.32 Å². The molecule has 0 bridgehead atoms. The molecule has 0 fully saturated rings. The monoisotopic (exact) mass is 274 g/mol. The number of aromatic nitrogens is 2. The fraction of sp³-hybridized carbons (Fsp3) is 0.357. The molecule has 2 rings (SSSR count). The van der Waals surface area contributed by atoms with Gasteiger partial charge in [-0.25, -0.2) is 0 Å². The molecule has 0 amide bonds. The molecule has 1 aromatic heterocycles. The molecule has 1 N–H and O–H groups in total. The van der Waals surface area contributed by atoms with E-state index in [0.29, 0.717) is 0 Å². The quantitative estimate of drug-likeness (QED) is 0.671. The van der Waals surface area contributed by atoms with Crippen LogP contribution in [-0.4, -0.2) is 14.7 Å². The van der Waals surface area contributed by atoms with Gasteiger partial charge in [-0.1, -0.05) is 19.1 Å². The lowest BCUT2D eigenvalue weighted by molar-refractivity contribution is -0.384. The van der Waals surface area contributed by atoms with Crippen molar-refractivity contribution in [3.8, 4) is 0 Å². The second-order valence-electron chi connectivity index (χ2n) is 4.76. The fourth-order valence-electron chi connectivity index (χ4n) is 2.21. The van der Waals surface area contributed by atoms with Gasteiger partial charge in [0.25, 0.3) is 5.69 Å². The first-order valence-corrected chi connectivity index (χ1v) is 6.52. The van der Waals surface area contributed by atoms with Crippen LogP contribution in [0.2, 0.25) is 0 Å². The molecular formula is C14H18N4O2. The topological polar surface area (TPSA) is 73.0 Å². The zero-order valence-corrected chi connectivity index (χ0v) is 11.8. The van der Waals surface area contributed by atoms with Gasteiger partial charge in [0, 0.05) is 25.4 Å². The van der Waals surface area contributed by atoms with Crippen LogP contribution >= 0.6 is 0 Å². The van der Waals surface area contributed by atoms with Crippen LogP contribution in [0.5, 0.6) is 0 Å². The van der Waals surface area contributed by atoms with Gasteiger partial charge in [0.2, 0.25) is 0 Å². The first kappa shape index (κ1) is 14.0. The average molecular weight is 274 g/mol. The molecule has 0 radical (unpaired) electrons. The molecule has 1 atom stereocenters. The van der Waals surface area contributed by atoms with E-state index in [4.69, 9.17) is 0 Å². The van der Waals surface area contributed by atoms with Crippen LogP contribution in [0.1, 0.15) is 30.6 Å². The number of nitrogens with zero attached hydrogens (tertiary/aromatic N) is 3. The largest absolute Gasteiger partial charge is 0.375 e. The molecule has 2 aromatic rings. The molecule has 0 saturated heterocycles. The maximum absolute atomic E-state index is 10.9. The molecule has 0 aliphatic carbocycles. The van der Waals surface area contributed by atoms with Crippen LogP contribution in [0, 0.1) is 17.0 Å². The number of aryl methyl sites for hydroxylation is 2. The number of nitro benzene ring substituents is 1. The lowest BCUT2D eigenvalue weighted by Crippen LogP contribution is -2.10. The maximum Gasteiger partial charge on any atom is 0.269 e. The molecule has 6 heteroatoms. The lowest BCUT2D eigenvalue weighted by Gasteiger charge is -2.18. The summed E-state index contributed by atoms with van der Waals surface area (Å²) >= 11 is 0. The van der Waals surface area contributed by atoms with Crippen LogP contribution in [0.15, 0.2) is 30.5 Å². The Morgan fingerprint density at radius 2 is 2.25 bits per heavy atom. The number of anilines is 1. The normalized spacial score (nSPS) is 12.2. The third-order valence-electron chi connectivity index (χ3n) is 3.23. The first-order valence-electron chi connectivity index (χ1n) is 6.52. The van der Waals surface area contributed by atoms with Crippen LogP contribution in [0.4, 0.5) is 11.4 Å². The number of hydrogen-bond acceptors (Lipinski definition) is 4. The number of benzene rings is 1. The van der Waals surface area contributed by atoms with Gasteiger partial charge in [-0.2, -0.15) is 5.10 Å². The lowest BCUT2D eigenvalue weighted by atomic mass is 10.0. The Hall–Kier alpha value is -2.37. The number of hydrogen-bond donors (Lipinski definition) is 1. The van der Waals surface area contributed by atoms with Crippen molar-refractivity contribution in [1.29, 1.82) is 0 Å². The predicted molar refractivity (Wildman–Crippen MR) is 77.7 cm³/mol. The smallest absolute Gasteiger partial charge is 0.269 e. The van der Waals surface area contributed by atoms with E-state index in [-0.39, 0.29) is 16.7 Å². The minimum absolute atomic E-state index is 0.0257. The number of nitrogens with one attached hydrogen (secondary N) is 1. The summed E-state index contributed by atoms with van der Waals surface area (Å²) in [5.41, 5.74) is 2.89. The van der Waals surface area contributed by atoms with Crippen LogP contribution in [0.3, 0.4) is 0 Å². The molecule has 0 spiro atoms. The van der Waals surface area contributed by atoms with E-state index >= 15 is 0 Å². The maximum atomic E-state index is 10.9. The predicted octanol–water partition coefficient (Wildman–Crippen LogP) is 3.20. The second kappa shape index (κ2) is 5.73. The minimum atomic E-state index is -0.370. The Morgan fingerprint density at radius 3 is 2.80 bits per heavy atom. The Labute approximate surface area is 117 Å². The van der Waals surface area contributed by atoms with E-state index in [1.54, 1.807) is 16.8 Å². The van der Waals surface area contributed by atoms with E-state index < -0.39 is 0 Å². The van der Waals surface area contributed by atoms with E-state index in [9.17, 15) is 10.1 Å². The zero-order chi connectivity index (χ0) is 14.7. The summed E-state index contributed by atoms with van der Waals surface area (Å²) < 4.78 is 1.75. The van der Waals surface area contributed by atoms with Gasteiger partial charge in [-0.15, -0.1) is 0 Å². The van der Waals surface area contributed by atoms with Crippen molar-refractivity contribution in [2.24, 2.45) is 7.05 Å². The SMILES string of the molecule is CCC(Nc1cn(C)nc1C)c1cccc([N+](=O)[O-])c1. The highest BCUT2D eigenvalue weighted by Gasteiger charge is 2.15. The molecule has 20 heavy (non-hydrogen) atoms. The van der Waals surface area contributed by atoms with Gasteiger partial charge in [0.15, 0.2) is 0 Å². The van der Waals surface area contributed by atoms with E-state index in [0.717, 1.165) is 23.4 Å². The molecule has 0 aliphatic rings. The molecule has 1 unspecified atom stereocenters. The summed E-state index contributed by atoms with van der Waals surface area (Å²) in [6.45, 7) is 3.98. The molecule has 6 nitrogen and oxygen atoms in total. The van der Waals surface area contributed by atoms with Crippen LogP contribution in [-0.2, 0) is 7.05 Å². The van der Waals surface area contributed by atoms with Crippen LogP contribution in [0.25, 0.3) is 0 Å². The molecule has 1 aromatic carbocycles. The Kier molecular flexibility index (Phi) is 4.02. The number of non-ortho nitro benzene ring substituents is 1. The summed E-state index contributed by atoms with van der Waals surface area (Å²) in [7, 11) is 1.87. The van der Waals surface area contributed by atoms with Crippen molar-refractivity contribution in [3.63, 3.8) is 0 Å². The molecular weight excluding hydrogens is 256 g/mol. The Bertz CT molecular complexity index is 621. The number of rotatable bonds is 5. The van der Waals surface area contributed by atoms with Gasteiger partial charge in [0.05, 0.1) is 22.3 Å². The molecule has 0 aliphatic heterocycles. The van der Waals surface area contributed by atoms with Gasteiger partial charge >= 0.3 is 0 Å². The third-order valence-corrected chi connectivity index (χ3v) is 3.23. The van der Waals surface area contributed by atoms with Crippen molar-refractivity contribution >= 4 is 11.4 Å². The van der Waals surface area contributed by atoms with Gasteiger partial charge in [-0.05, 0) is 18.9 Å². The van der Waals surface area contributed by atoms with Gasteiger partial charge < -0.3 is 5.32 Å². The Balaban J connectivity index is 2.26. The highest BCUT2D eigenvalue weighted by Crippen LogP contribution is 2.26. The number of nitro groups is 1. The van der Waals surface area contributed by atoms with Gasteiger partial charge in [-0.3, -0.25) is 14.8 Å². The summed E-state index contributed by atoms with van der Waals surface area (Å²) in [5, 5.41) is 18.5. The summed E-state index contributed by atoms with van der Waals surface area (Å²) in [5.74, 6) is 0. The Morgan fingerprint density at radius 1 is 1.50 bits per heavy atom. The summed E-state index contributed by atoms with van der Waals surface area (Å²) in [6.07, 6.45) is 2.74. The third kappa shape index (κ3) is 2.96. The summed E-state index contributed by atoms with van der Waals surface area (Å²) in [4.78, 5) is 10.5. The van der Waals surface area contributed by atoms with Crippen molar-refractivity contribution in [1.82, 2.24) is 9.78 Å². The highest BCUT2D eigenvalue weighted by atomic mass is 16.6. The van der Waals surface area contributed by atoms with Gasteiger partial charge in [0.1, 0.15) is 0 Å². The van der Waals surface area contributed by atoms with E-state index in [2.05, 4.69) is 10.4 Å². The van der Waals surface area contributed by atoms with Crippen molar-refractivity contribution in [3.05, 3.63) is 51.8 Å². The first-order chi connectivity index (χ1) is 9.51. The van der Waals surface area contributed by atoms with Crippen molar-refractivity contribution in [2.45, 2.75) is 26.3 Å². The minimum Gasteiger partial charge on any atom is -0.375 e. The second-order valence-corrected chi connectivity index (χ2v) is 4.76. The van der Waals surface area contributed by atoms with E-state index in [1.165, 1.54) is 6.07 Å². The van der Waals surface area contributed by atoms with Crippen molar-refractivity contribution < 1.29 is 4.92 Å². The van der Waals surface area contributed by atoms with Crippen LogP contribution < -0.4 is 5.32 Å².